The highest BCUT2D eigenvalue weighted by molar-refractivity contribution is 5.79. The van der Waals surface area contributed by atoms with E-state index in [9.17, 15) is 4.79 Å². The van der Waals surface area contributed by atoms with Crippen LogP contribution < -0.4 is 4.90 Å². The van der Waals surface area contributed by atoms with E-state index in [0.29, 0.717) is 5.91 Å². The molecule has 0 spiro atoms. The molecule has 2 rings (SSSR count). The average Bonchev–Trinajstić information content (AvgIpc) is 2.51. The minimum absolute atomic E-state index is 0.206. The maximum absolute atomic E-state index is 12.4. The molecule has 0 saturated carbocycles. The molecule has 3 heteroatoms. The summed E-state index contributed by atoms with van der Waals surface area (Å²) in [6, 6.07) is 6.60. The minimum Gasteiger partial charge on any atom is -0.368 e. The molecule has 1 aromatic carbocycles. The van der Waals surface area contributed by atoms with E-state index in [1.165, 1.54) is 16.8 Å². The van der Waals surface area contributed by atoms with Gasteiger partial charge in [0.05, 0.1) is 0 Å². The van der Waals surface area contributed by atoms with Gasteiger partial charge in [-0.1, -0.05) is 26.0 Å². The molecule has 1 aromatic rings. The third-order valence-electron chi connectivity index (χ3n) is 4.63. The summed E-state index contributed by atoms with van der Waals surface area (Å²) in [4.78, 5) is 16.9. The molecule has 0 N–H and O–H groups in total. The van der Waals surface area contributed by atoms with Gasteiger partial charge in [-0.05, 0) is 43.9 Å². The summed E-state index contributed by atoms with van der Waals surface area (Å²) in [5, 5.41) is 0. The largest absolute Gasteiger partial charge is 0.368 e. The van der Waals surface area contributed by atoms with Crippen molar-refractivity contribution in [1.29, 1.82) is 0 Å². The first-order valence-electron chi connectivity index (χ1n) is 8.17. The zero-order chi connectivity index (χ0) is 15.4. The van der Waals surface area contributed by atoms with Gasteiger partial charge in [-0.25, -0.2) is 0 Å². The van der Waals surface area contributed by atoms with Crippen molar-refractivity contribution in [3.8, 4) is 0 Å². The number of nitrogens with zero attached hydrogens (tertiary/aromatic N) is 2. The second kappa shape index (κ2) is 6.97. The SMILES string of the molecule is CCC(CC)C(=O)N1CCN(c2cc(C)ccc2C)CC1. The summed E-state index contributed by atoms with van der Waals surface area (Å²) >= 11 is 0. The van der Waals surface area contributed by atoms with Gasteiger partial charge in [-0.3, -0.25) is 4.79 Å². The van der Waals surface area contributed by atoms with Crippen molar-refractivity contribution in [3.05, 3.63) is 29.3 Å². The number of carbonyl (C=O) groups is 1. The van der Waals surface area contributed by atoms with Crippen LogP contribution in [0.5, 0.6) is 0 Å². The van der Waals surface area contributed by atoms with E-state index in [4.69, 9.17) is 0 Å². The lowest BCUT2D eigenvalue weighted by molar-refractivity contribution is -0.136. The van der Waals surface area contributed by atoms with Crippen molar-refractivity contribution in [2.45, 2.75) is 40.5 Å². The third kappa shape index (κ3) is 3.58. The van der Waals surface area contributed by atoms with Crippen LogP contribution in [0.1, 0.15) is 37.8 Å². The lowest BCUT2D eigenvalue weighted by Crippen LogP contribution is -2.50. The summed E-state index contributed by atoms with van der Waals surface area (Å²) < 4.78 is 0. The van der Waals surface area contributed by atoms with E-state index >= 15 is 0 Å². The first-order chi connectivity index (χ1) is 10.1. The number of hydrogen-bond acceptors (Lipinski definition) is 2. The Morgan fingerprint density at radius 3 is 2.29 bits per heavy atom. The highest BCUT2D eigenvalue weighted by Crippen LogP contribution is 2.23. The van der Waals surface area contributed by atoms with E-state index in [-0.39, 0.29) is 5.92 Å². The summed E-state index contributed by atoms with van der Waals surface area (Å²) in [7, 11) is 0. The molecule has 1 fully saturated rings. The Morgan fingerprint density at radius 1 is 1.10 bits per heavy atom. The number of amides is 1. The zero-order valence-corrected chi connectivity index (χ0v) is 13.9. The summed E-state index contributed by atoms with van der Waals surface area (Å²) in [6.07, 6.45) is 1.90. The van der Waals surface area contributed by atoms with Crippen molar-refractivity contribution >= 4 is 11.6 Å². The Labute approximate surface area is 128 Å². The third-order valence-corrected chi connectivity index (χ3v) is 4.63. The van der Waals surface area contributed by atoms with Gasteiger partial charge in [-0.15, -0.1) is 0 Å². The van der Waals surface area contributed by atoms with E-state index in [1.807, 2.05) is 0 Å². The molecular weight excluding hydrogens is 260 g/mol. The van der Waals surface area contributed by atoms with Crippen LogP contribution in [0.3, 0.4) is 0 Å². The Morgan fingerprint density at radius 2 is 1.71 bits per heavy atom. The molecule has 0 aliphatic carbocycles. The maximum atomic E-state index is 12.4. The van der Waals surface area contributed by atoms with E-state index in [2.05, 4.69) is 55.7 Å². The van der Waals surface area contributed by atoms with Gasteiger partial charge in [0.2, 0.25) is 5.91 Å². The first kappa shape index (κ1) is 15.9. The van der Waals surface area contributed by atoms with Crippen LogP contribution in [-0.4, -0.2) is 37.0 Å². The Kier molecular flexibility index (Phi) is 5.27. The summed E-state index contributed by atoms with van der Waals surface area (Å²) in [6.45, 7) is 12.1. The molecule has 21 heavy (non-hydrogen) atoms. The van der Waals surface area contributed by atoms with Crippen molar-refractivity contribution in [2.24, 2.45) is 5.92 Å². The minimum atomic E-state index is 0.206. The van der Waals surface area contributed by atoms with Crippen LogP contribution in [0.25, 0.3) is 0 Å². The van der Waals surface area contributed by atoms with Crippen molar-refractivity contribution < 1.29 is 4.79 Å². The highest BCUT2D eigenvalue weighted by Gasteiger charge is 2.25. The predicted octanol–water partition coefficient (Wildman–Crippen LogP) is 3.39. The monoisotopic (exact) mass is 288 g/mol. The van der Waals surface area contributed by atoms with Crippen LogP contribution in [0.4, 0.5) is 5.69 Å². The molecule has 0 bridgehead atoms. The highest BCUT2D eigenvalue weighted by atomic mass is 16.2. The lowest BCUT2D eigenvalue weighted by Gasteiger charge is -2.38. The fraction of sp³-hybridized carbons (Fsp3) is 0.611. The van der Waals surface area contributed by atoms with Gasteiger partial charge in [-0.2, -0.15) is 0 Å². The number of rotatable bonds is 4. The average molecular weight is 288 g/mol. The Hall–Kier alpha value is -1.51. The van der Waals surface area contributed by atoms with Crippen molar-refractivity contribution in [1.82, 2.24) is 4.90 Å². The molecule has 1 aliphatic rings. The smallest absolute Gasteiger partial charge is 0.225 e. The molecule has 1 saturated heterocycles. The summed E-state index contributed by atoms with van der Waals surface area (Å²) in [5.74, 6) is 0.554. The molecule has 0 atom stereocenters. The standard InChI is InChI=1S/C18H28N2O/c1-5-16(6-2)18(21)20-11-9-19(10-12-20)17-13-14(3)7-8-15(17)4/h7-8,13,16H,5-6,9-12H2,1-4H3. The van der Waals surface area contributed by atoms with Crippen LogP contribution in [0.2, 0.25) is 0 Å². The molecule has 0 aromatic heterocycles. The fourth-order valence-electron chi connectivity index (χ4n) is 3.12. The molecule has 1 heterocycles. The number of anilines is 1. The molecule has 3 nitrogen and oxygen atoms in total. The second-order valence-corrected chi connectivity index (χ2v) is 6.12. The van der Waals surface area contributed by atoms with Gasteiger partial charge in [0.25, 0.3) is 0 Å². The number of carbonyl (C=O) groups excluding carboxylic acids is 1. The Balaban J connectivity index is 2.00. The van der Waals surface area contributed by atoms with Gasteiger partial charge < -0.3 is 9.80 Å². The normalized spacial score (nSPS) is 15.7. The molecule has 1 amide bonds. The fourth-order valence-corrected chi connectivity index (χ4v) is 3.12. The van der Waals surface area contributed by atoms with E-state index in [0.717, 1.165) is 39.0 Å². The molecule has 116 valence electrons. The van der Waals surface area contributed by atoms with Gasteiger partial charge in [0.1, 0.15) is 0 Å². The number of benzene rings is 1. The quantitative estimate of drug-likeness (QED) is 0.848. The number of aryl methyl sites for hydroxylation is 2. The van der Waals surface area contributed by atoms with Crippen molar-refractivity contribution in [3.63, 3.8) is 0 Å². The predicted molar refractivity (Wildman–Crippen MR) is 88.8 cm³/mol. The molecule has 0 unspecified atom stereocenters. The van der Waals surface area contributed by atoms with Crippen molar-refractivity contribution in [2.75, 3.05) is 31.1 Å². The van der Waals surface area contributed by atoms with Gasteiger partial charge >= 0.3 is 0 Å². The zero-order valence-electron chi connectivity index (χ0n) is 13.9. The molecule has 0 radical (unpaired) electrons. The van der Waals surface area contributed by atoms with E-state index in [1.54, 1.807) is 0 Å². The molecule has 1 aliphatic heterocycles. The van der Waals surface area contributed by atoms with E-state index < -0.39 is 0 Å². The topological polar surface area (TPSA) is 23.6 Å². The van der Waals surface area contributed by atoms with Gasteiger partial charge in [0.15, 0.2) is 0 Å². The summed E-state index contributed by atoms with van der Waals surface area (Å²) in [5.41, 5.74) is 3.94. The van der Waals surface area contributed by atoms with Crippen LogP contribution in [-0.2, 0) is 4.79 Å². The molecular formula is C18H28N2O. The number of hydrogen-bond donors (Lipinski definition) is 0. The van der Waals surface area contributed by atoms with Crippen LogP contribution in [0.15, 0.2) is 18.2 Å². The maximum Gasteiger partial charge on any atom is 0.225 e. The second-order valence-electron chi connectivity index (χ2n) is 6.12. The Bertz CT molecular complexity index is 486. The van der Waals surface area contributed by atoms with Crippen LogP contribution >= 0.6 is 0 Å². The number of piperazine rings is 1. The lowest BCUT2D eigenvalue weighted by atomic mass is 10.0. The van der Waals surface area contributed by atoms with Gasteiger partial charge in [0, 0.05) is 37.8 Å². The first-order valence-corrected chi connectivity index (χ1v) is 8.17. The van der Waals surface area contributed by atoms with Crippen LogP contribution in [0, 0.1) is 19.8 Å².